The molecule has 2 aromatic carbocycles. The van der Waals surface area contributed by atoms with E-state index in [1.807, 2.05) is 25.1 Å². The number of benzene rings is 2. The summed E-state index contributed by atoms with van der Waals surface area (Å²) in [5, 5.41) is 12.5. The highest BCUT2D eigenvalue weighted by Gasteiger charge is 2.17. The lowest BCUT2D eigenvalue weighted by molar-refractivity contribution is -0.112. The number of amides is 1. The van der Waals surface area contributed by atoms with E-state index in [9.17, 15) is 14.9 Å². The molecule has 0 saturated carbocycles. The molecular weight excluding hydrogens is 404 g/mol. The molecule has 0 radical (unpaired) electrons. The smallest absolute Gasteiger partial charge is 0.338 e. The van der Waals surface area contributed by atoms with E-state index in [0.717, 1.165) is 5.56 Å². The van der Waals surface area contributed by atoms with Gasteiger partial charge in [-0.25, -0.2) is 4.79 Å². The van der Waals surface area contributed by atoms with Gasteiger partial charge in [0.15, 0.2) is 0 Å². The van der Waals surface area contributed by atoms with Crippen molar-refractivity contribution in [2.45, 2.75) is 6.92 Å². The van der Waals surface area contributed by atoms with Gasteiger partial charge in [-0.3, -0.25) is 4.79 Å². The summed E-state index contributed by atoms with van der Waals surface area (Å²) in [5.74, 6) is -0.473. The number of methoxy groups -OCH3 is 1. The molecule has 1 amide bonds. The van der Waals surface area contributed by atoms with Crippen molar-refractivity contribution >= 4 is 35.2 Å². The number of nitrogens with one attached hydrogen (secondary N) is 1. The number of ether oxygens (including phenoxy) is 1. The van der Waals surface area contributed by atoms with Gasteiger partial charge in [-0.05, 0) is 49.4 Å². The maximum Gasteiger partial charge on any atom is 0.338 e. The van der Waals surface area contributed by atoms with Gasteiger partial charge < -0.3 is 14.5 Å². The highest BCUT2D eigenvalue weighted by Crippen LogP contribution is 2.30. The number of furan rings is 1. The first-order valence-corrected chi connectivity index (χ1v) is 9.27. The van der Waals surface area contributed by atoms with Crippen LogP contribution in [0.1, 0.15) is 21.7 Å². The summed E-state index contributed by atoms with van der Waals surface area (Å²) in [5.41, 5.74) is 2.23. The van der Waals surface area contributed by atoms with Crippen LogP contribution < -0.4 is 5.32 Å². The Morgan fingerprint density at radius 2 is 1.87 bits per heavy atom. The molecule has 1 N–H and O–H groups in total. The number of carbonyl (C=O) groups excluding carboxylic acids is 2. The standard InChI is InChI=1S/C23H17ClN2O4/c1-14-3-6-17(7-4-14)26-22(27)15(13-25)11-18-8-10-21(30-18)20-12-16(24)5-9-19(20)23(28)29-2/h3-12H,1-2H3,(H,26,27)/b15-11+. The third-order valence-corrected chi connectivity index (χ3v) is 4.48. The number of hydrogen-bond acceptors (Lipinski definition) is 5. The van der Waals surface area contributed by atoms with Crippen molar-refractivity contribution in [3.05, 3.63) is 82.1 Å². The zero-order chi connectivity index (χ0) is 21.7. The molecular formula is C23H17ClN2O4. The molecule has 0 spiro atoms. The molecule has 0 bridgehead atoms. The minimum atomic E-state index is -0.558. The van der Waals surface area contributed by atoms with Crippen molar-refractivity contribution < 1.29 is 18.7 Å². The minimum Gasteiger partial charge on any atom is -0.465 e. The molecule has 0 fully saturated rings. The van der Waals surface area contributed by atoms with Crippen LogP contribution in [0.25, 0.3) is 17.4 Å². The van der Waals surface area contributed by atoms with Crippen LogP contribution in [-0.4, -0.2) is 19.0 Å². The van der Waals surface area contributed by atoms with Crippen molar-refractivity contribution in [2.24, 2.45) is 0 Å². The SMILES string of the molecule is COC(=O)c1ccc(Cl)cc1-c1ccc(/C=C(\C#N)C(=O)Nc2ccc(C)cc2)o1. The first-order valence-electron chi connectivity index (χ1n) is 8.89. The molecule has 7 heteroatoms. The second-order valence-corrected chi connectivity index (χ2v) is 6.81. The van der Waals surface area contributed by atoms with Crippen LogP contribution in [0.5, 0.6) is 0 Å². The fourth-order valence-corrected chi connectivity index (χ4v) is 2.88. The Balaban J connectivity index is 1.88. The normalized spacial score (nSPS) is 10.9. The molecule has 0 aliphatic carbocycles. The number of nitriles is 1. The number of hydrogen-bond donors (Lipinski definition) is 1. The maximum atomic E-state index is 12.4. The van der Waals surface area contributed by atoms with E-state index in [1.165, 1.54) is 19.3 Å². The van der Waals surface area contributed by atoms with E-state index >= 15 is 0 Å². The van der Waals surface area contributed by atoms with Crippen LogP contribution in [0.15, 0.2) is 64.6 Å². The molecule has 0 unspecified atom stereocenters. The van der Waals surface area contributed by atoms with Gasteiger partial charge in [-0.2, -0.15) is 5.26 Å². The van der Waals surface area contributed by atoms with Crippen LogP contribution in [0.3, 0.4) is 0 Å². The first kappa shape index (κ1) is 20.9. The quantitative estimate of drug-likeness (QED) is 0.346. The summed E-state index contributed by atoms with van der Waals surface area (Å²) in [6.07, 6.45) is 1.33. The van der Waals surface area contributed by atoms with Crippen LogP contribution in [0.4, 0.5) is 5.69 Å². The molecule has 0 aliphatic rings. The van der Waals surface area contributed by atoms with Gasteiger partial charge >= 0.3 is 5.97 Å². The predicted molar refractivity (Wildman–Crippen MR) is 114 cm³/mol. The van der Waals surface area contributed by atoms with E-state index in [2.05, 4.69) is 5.32 Å². The van der Waals surface area contributed by atoms with Crippen LogP contribution in [0, 0.1) is 18.3 Å². The molecule has 1 aromatic heterocycles. The monoisotopic (exact) mass is 420 g/mol. The number of halogens is 1. The van der Waals surface area contributed by atoms with E-state index in [1.54, 1.807) is 36.4 Å². The minimum absolute atomic E-state index is 0.129. The molecule has 1 heterocycles. The lowest BCUT2D eigenvalue weighted by Gasteiger charge is -2.06. The third kappa shape index (κ3) is 4.77. The van der Waals surface area contributed by atoms with Crippen LogP contribution >= 0.6 is 11.6 Å². The second-order valence-electron chi connectivity index (χ2n) is 6.37. The number of anilines is 1. The lowest BCUT2D eigenvalue weighted by Crippen LogP contribution is -2.13. The van der Waals surface area contributed by atoms with Crippen LogP contribution in [0.2, 0.25) is 5.02 Å². The Hall–Kier alpha value is -3.82. The summed E-state index contributed by atoms with van der Waals surface area (Å²) in [6.45, 7) is 1.94. The predicted octanol–water partition coefficient (Wildman–Crippen LogP) is 5.24. The summed E-state index contributed by atoms with van der Waals surface area (Å²) < 4.78 is 10.5. The van der Waals surface area contributed by atoms with Gasteiger partial charge in [0.25, 0.3) is 5.91 Å². The van der Waals surface area contributed by atoms with Gasteiger partial charge in [-0.15, -0.1) is 0 Å². The maximum absolute atomic E-state index is 12.4. The largest absolute Gasteiger partial charge is 0.465 e. The topological polar surface area (TPSA) is 92.3 Å². The van der Waals surface area contributed by atoms with E-state index < -0.39 is 11.9 Å². The lowest BCUT2D eigenvalue weighted by atomic mass is 10.1. The number of aryl methyl sites for hydroxylation is 1. The van der Waals surface area contributed by atoms with Gasteiger partial charge in [0.2, 0.25) is 0 Å². The fourth-order valence-electron chi connectivity index (χ4n) is 2.71. The molecule has 3 rings (SSSR count). The molecule has 0 saturated heterocycles. The van der Waals surface area contributed by atoms with Crippen molar-refractivity contribution in [1.82, 2.24) is 0 Å². The van der Waals surface area contributed by atoms with E-state index in [-0.39, 0.29) is 16.9 Å². The highest BCUT2D eigenvalue weighted by atomic mass is 35.5. The Kier molecular flexibility index (Phi) is 6.35. The molecule has 0 atom stereocenters. The van der Waals surface area contributed by atoms with Crippen LogP contribution in [-0.2, 0) is 9.53 Å². The number of carbonyl (C=O) groups is 2. The highest BCUT2D eigenvalue weighted by molar-refractivity contribution is 6.31. The number of esters is 1. The second kappa shape index (κ2) is 9.12. The Labute approximate surface area is 178 Å². The summed E-state index contributed by atoms with van der Waals surface area (Å²) in [4.78, 5) is 24.4. The molecule has 3 aromatic rings. The summed E-state index contributed by atoms with van der Waals surface area (Å²) >= 11 is 6.05. The third-order valence-electron chi connectivity index (χ3n) is 4.24. The zero-order valence-electron chi connectivity index (χ0n) is 16.2. The average molecular weight is 421 g/mol. The van der Waals surface area contributed by atoms with Gasteiger partial charge in [0, 0.05) is 22.3 Å². The molecule has 30 heavy (non-hydrogen) atoms. The summed E-state index contributed by atoms with van der Waals surface area (Å²) in [6, 6.07) is 17.0. The van der Waals surface area contributed by atoms with Crippen molar-refractivity contribution in [1.29, 1.82) is 5.26 Å². The molecule has 150 valence electrons. The van der Waals surface area contributed by atoms with Crippen molar-refractivity contribution in [3.8, 4) is 17.4 Å². The van der Waals surface area contributed by atoms with E-state index in [0.29, 0.717) is 22.0 Å². The average Bonchev–Trinajstić information content (AvgIpc) is 3.21. The van der Waals surface area contributed by atoms with Crippen molar-refractivity contribution in [2.75, 3.05) is 12.4 Å². The fraction of sp³-hybridized carbons (Fsp3) is 0.0870. The Morgan fingerprint density at radius 3 is 2.53 bits per heavy atom. The molecule has 0 aliphatic heterocycles. The zero-order valence-corrected chi connectivity index (χ0v) is 17.0. The van der Waals surface area contributed by atoms with E-state index in [4.69, 9.17) is 20.8 Å². The number of nitrogens with zero attached hydrogens (tertiary/aromatic N) is 1. The van der Waals surface area contributed by atoms with Gasteiger partial charge in [0.1, 0.15) is 23.2 Å². The number of rotatable bonds is 5. The Morgan fingerprint density at radius 1 is 1.13 bits per heavy atom. The molecule has 6 nitrogen and oxygen atoms in total. The Bertz CT molecular complexity index is 1170. The van der Waals surface area contributed by atoms with Gasteiger partial charge in [-0.1, -0.05) is 29.3 Å². The van der Waals surface area contributed by atoms with Gasteiger partial charge in [0.05, 0.1) is 12.7 Å². The van der Waals surface area contributed by atoms with Crippen molar-refractivity contribution in [3.63, 3.8) is 0 Å². The first-order chi connectivity index (χ1) is 14.4. The summed E-state index contributed by atoms with van der Waals surface area (Å²) in [7, 11) is 1.28.